The highest BCUT2D eigenvalue weighted by Crippen LogP contribution is 2.38. The van der Waals surface area contributed by atoms with Crippen LogP contribution in [0.3, 0.4) is 0 Å². The molecule has 12 heteroatoms. The van der Waals surface area contributed by atoms with E-state index in [-0.39, 0.29) is 41.0 Å². The van der Waals surface area contributed by atoms with Crippen LogP contribution in [0.2, 0.25) is 0 Å². The summed E-state index contributed by atoms with van der Waals surface area (Å²) in [6, 6.07) is 8.41. The number of benzene rings is 2. The predicted octanol–water partition coefficient (Wildman–Crippen LogP) is 2.26. The standard InChI is InChI=1S/C22H20FN5O5S/c1-27-13-25-18-4-2-14(10-15(18)21(27)29)33-20-16(11-24)19(5-3-17(20)23)26-34(30,31)28-8-6-22(12-28)7-9-32-22/h2-5,10,13,26H,6-9,12H2,1H3/t22-/m1/s1. The van der Waals surface area contributed by atoms with Crippen LogP contribution >= 0.6 is 0 Å². The van der Waals surface area contributed by atoms with Gasteiger partial charge in [0.15, 0.2) is 11.6 Å². The Morgan fingerprint density at radius 1 is 1.29 bits per heavy atom. The van der Waals surface area contributed by atoms with Gasteiger partial charge in [-0.1, -0.05) is 0 Å². The minimum atomic E-state index is -4.01. The quantitative estimate of drug-likeness (QED) is 0.587. The third-order valence-corrected chi connectivity index (χ3v) is 7.63. The van der Waals surface area contributed by atoms with E-state index in [1.165, 1.54) is 39.5 Å². The first-order valence-corrected chi connectivity index (χ1v) is 11.9. The van der Waals surface area contributed by atoms with Crippen molar-refractivity contribution in [3.05, 3.63) is 58.4 Å². The lowest BCUT2D eigenvalue weighted by molar-refractivity contribution is -0.134. The van der Waals surface area contributed by atoms with Gasteiger partial charge >= 0.3 is 10.2 Å². The molecule has 1 atom stereocenters. The van der Waals surface area contributed by atoms with Gasteiger partial charge in [-0.25, -0.2) is 9.37 Å². The highest BCUT2D eigenvalue weighted by molar-refractivity contribution is 7.90. The lowest BCUT2D eigenvalue weighted by Crippen LogP contribution is -2.47. The number of nitrogens with one attached hydrogen (secondary N) is 1. The van der Waals surface area contributed by atoms with Gasteiger partial charge in [0, 0.05) is 26.6 Å². The monoisotopic (exact) mass is 485 g/mol. The van der Waals surface area contributed by atoms with Crippen molar-refractivity contribution < 1.29 is 22.3 Å². The van der Waals surface area contributed by atoms with Gasteiger partial charge in [-0.15, -0.1) is 0 Å². The summed E-state index contributed by atoms with van der Waals surface area (Å²) in [6.07, 6.45) is 2.77. The van der Waals surface area contributed by atoms with Crippen molar-refractivity contribution in [2.45, 2.75) is 18.4 Å². The van der Waals surface area contributed by atoms with Gasteiger partial charge in [-0.05, 0) is 36.8 Å². The molecular formula is C22H20FN5O5S. The molecule has 0 saturated carbocycles. The number of rotatable bonds is 5. The average molecular weight is 485 g/mol. The zero-order valence-corrected chi connectivity index (χ0v) is 18.9. The number of nitrogens with zero attached hydrogens (tertiary/aromatic N) is 4. The van der Waals surface area contributed by atoms with Crippen LogP contribution in [-0.4, -0.2) is 47.6 Å². The van der Waals surface area contributed by atoms with Crippen molar-refractivity contribution in [3.63, 3.8) is 0 Å². The smallest absolute Gasteiger partial charge is 0.301 e. The van der Waals surface area contributed by atoms with E-state index in [1.807, 2.05) is 6.07 Å². The third kappa shape index (κ3) is 3.77. The van der Waals surface area contributed by atoms with E-state index in [0.717, 1.165) is 12.5 Å². The second-order valence-electron chi connectivity index (χ2n) is 8.32. The Balaban J connectivity index is 1.46. The normalized spacial score (nSPS) is 20.3. The summed E-state index contributed by atoms with van der Waals surface area (Å²) in [6.45, 7) is 1.10. The van der Waals surface area contributed by atoms with E-state index in [2.05, 4.69) is 9.71 Å². The third-order valence-electron chi connectivity index (χ3n) is 6.16. The van der Waals surface area contributed by atoms with Crippen LogP contribution < -0.4 is 15.0 Å². The molecule has 1 N–H and O–H groups in total. The lowest BCUT2D eigenvalue weighted by atomic mass is 9.94. The molecule has 10 nitrogen and oxygen atoms in total. The van der Waals surface area contributed by atoms with Crippen molar-refractivity contribution in [3.8, 4) is 17.6 Å². The number of hydrogen-bond donors (Lipinski definition) is 1. The molecule has 0 bridgehead atoms. The van der Waals surface area contributed by atoms with Crippen molar-refractivity contribution in [2.24, 2.45) is 7.05 Å². The number of anilines is 1. The average Bonchev–Trinajstić information content (AvgIpc) is 3.27. The first kappa shape index (κ1) is 22.3. The van der Waals surface area contributed by atoms with E-state index in [4.69, 9.17) is 9.47 Å². The molecule has 0 aliphatic carbocycles. The second-order valence-corrected chi connectivity index (χ2v) is 10.00. The number of hydrogen-bond acceptors (Lipinski definition) is 7. The Kier molecular flexibility index (Phi) is 5.27. The van der Waals surface area contributed by atoms with Crippen molar-refractivity contribution in [2.75, 3.05) is 24.4 Å². The fourth-order valence-corrected chi connectivity index (χ4v) is 5.47. The van der Waals surface area contributed by atoms with Gasteiger partial charge in [-0.3, -0.25) is 9.52 Å². The molecule has 2 saturated heterocycles. The van der Waals surface area contributed by atoms with Crippen LogP contribution in [0.4, 0.5) is 10.1 Å². The molecule has 5 rings (SSSR count). The fourth-order valence-electron chi connectivity index (χ4n) is 4.15. The summed E-state index contributed by atoms with van der Waals surface area (Å²) in [7, 11) is -2.47. The maximum absolute atomic E-state index is 14.7. The van der Waals surface area contributed by atoms with Crippen LogP contribution in [0.15, 0.2) is 41.5 Å². The first-order chi connectivity index (χ1) is 16.2. The summed E-state index contributed by atoms with van der Waals surface area (Å²) in [5.74, 6) is -1.22. The molecule has 176 valence electrons. The topological polar surface area (TPSA) is 127 Å². The zero-order valence-electron chi connectivity index (χ0n) is 18.1. The lowest BCUT2D eigenvalue weighted by Gasteiger charge is -2.38. The highest BCUT2D eigenvalue weighted by atomic mass is 32.2. The molecule has 1 spiro atoms. The van der Waals surface area contributed by atoms with Crippen LogP contribution in [0.1, 0.15) is 18.4 Å². The Labute approximate surface area is 194 Å². The Morgan fingerprint density at radius 2 is 2.09 bits per heavy atom. The van der Waals surface area contributed by atoms with E-state index in [0.29, 0.717) is 18.5 Å². The molecule has 0 amide bonds. The summed E-state index contributed by atoms with van der Waals surface area (Å²) in [4.78, 5) is 16.5. The fraction of sp³-hybridized carbons (Fsp3) is 0.318. The minimum Gasteiger partial charge on any atom is -0.453 e. The first-order valence-electron chi connectivity index (χ1n) is 10.5. The van der Waals surface area contributed by atoms with Gasteiger partial charge in [-0.2, -0.15) is 18.0 Å². The number of aromatic nitrogens is 2. The number of nitriles is 1. The van der Waals surface area contributed by atoms with Crippen LogP contribution in [0.5, 0.6) is 11.5 Å². The van der Waals surface area contributed by atoms with Gasteiger partial charge in [0.25, 0.3) is 5.56 Å². The molecule has 2 aliphatic heterocycles. The molecule has 0 radical (unpaired) electrons. The Morgan fingerprint density at radius 3 is 2.76 bits per heavy atom. The molecule has 1 aromatic heterocycles. The predicted molar refractivity (Wildman–Crippen MR) is 120 cm³/mol. The molecular weight excluding hydrogens is 465 g/mol. The summed E-state index contributed by atoms with van der Waals surface area (Å²) < 4.78 is 56.7. The van der Waals surface area contributed by atoms with Crippen LogP contribution in [0, 0.1) is 17.1 Å². The van der Waals surface area contributed by atoms with Crippen LogP contribution in [-0.2, 0) is 22.0 Å². The SMILES string of the molecule is Cn1cnc2ccc(Oc3c(F)ccc(NS(=O)(=O)N4CC[C@@]5(CCO5)C4)c3C#N)cc2c1=O. The molecule has 34 heavy (non-hydrogen) atoms. The largest absolute Gasteiger partial charge is 0.453 e. The number of fused-ring (bicyclic) bond motifs is 1. The maximum atomic E-state index is 14.7. The number of halogens is 1. The summed E-state index contributed by atoms with van der Waals surface area (Å²) in [5.41, 5.74) is -0.774. The number of ether oxygens (including phenoxy) is 2. The van der Waals surface area contributed by atoms with Gasteiger partial charge in [0.05, 0.1) is 35.1 Å². The van der Waals surface area contributed by atoms with Gasteiger partial charge in [0.2, 0.25) is 0 Å². The van der Waals surface area contributed by atoms with Crippen molar-refractivity contribution in [1.82, 2.24) is 13.9 Å². The molecule has 0 unspecified atom stereocenters. The molecule has 2 aromatic carbocycles. The molecule has 2 fully saturated rings. The van der Waals surface area contributed by atoms with E-state index < -0.39 is 27.4 Å². The van der Waals surface area contributed by atoms with Crippen molar-refractivity contribution >= 4 is 26.8 Å². The number of aryl methyl sites for hydroxylation is 1. The molecule has 3 heterocycles. The maximum Gasteiger partial charge on any atom is 0.301 e. The zero-order chi connectivity index (χ0) is 24.1. The summed E-state index contributed by atoms with van der Waals surface area (Å²) in [5, 5.41) is 9.97. The summed E-state index contributed by atoms with van der Waals surface area (Å²) >= 11 is 0. The minimum absolute atomic E-state index is 0.0941. The van der Waals surface area contributed by atoms with Gasteiger partial charge < -0.3 is 14.0 Å². The van der Waals surface area contributed by atoms with Crippen LogP contribution in [0.25, 0.3) is 10.9 Å². The highest BCUT2D eigenvalue weighted by Gasteiger charge is 2.47. The Hall–Kier alpha value is -3.53. The van der Waals surface area contributed by atoms with Crippen molar-refractivity contribution in [1.29, 1.82) is 5.26 Å². The molecule has 3 aromatic rings. The molecule has 2 aliphatic rings. The van der Waals surface area contributed by atoms with Gasteiger partial charge in [0.1, 0.15) is 17.4 Å². The second kappa shape index (κ2) is 8.05. The van der Waals surface area contributed by atoms with E-state index in [1.54, 1.807) is 7.05 Å². The Bertz CT molecular complexity index is 1510. The van der Waals surface area contributed by atoms with E-state index in [9.17, 15) is 22.9 Å². The van der Waals surface area contributed by atoms with E-state index >= 15 is 0 Å².